The van der Waals surface area contributed by atoms with Crippen LogP contribution in [0, 0.1) is 0 Å². The zero-order valence-electron chi connectivity index (χ0n) is 14.0. The van der Waals surface area contributed by atoms with E-state index in [1.54, 1.807) is 0 Å². The van der Waals surface area contributed by atoms with Gasteiger partial charge in [-0.1, -0.05) is 18.2 Å². The summed E-state index contributed by atoms with van der Waals surface area (Å²) in [5.74, 6) is -1.75. The third-order valence-electron chi connectivity index (χ3n) is 5.42. The number of aliphatic hydroxyl groups excluding tert-OH is 1. The maximum atomic E-state index is 12.9. The Hall–Kier alpha value is -1.60. The third kappa shape index (κ3) is 3.82. The number of fused-ring (bicyclic) bond motifs is 2. The molecule has 2 aliphatic rings. The number of hydrogen-bond acceptors (Lipinski definition) is 4. The van der Waals surface area contributed by atoms with Crippen molar-refractivity contribution in [2.45, 2.75) is 56.0 Å². The Morgan fingerprint density at radius 1 is 1.32 bits per heavy atom. The molecule has 7 heteroatoms. The van der Waals surface area contributed by atoms with Crippen LogP contribution >= 0.6 is 0 Å². The number of benzene rings is 1. The van der Waals surface area contributed by atoms with Crippen molar-refractivity contribution in [3.63, 3.8) is 0 Å². The highest BCUT2D eigenvalue weighted by Crippen LogP contribution is 2.36. The summed E-state index contributed by atoms with van der Waals surface area (Å²) in [4.78, 5) is 14.7. The van der Waals surface area contributed by atoms with E-state index in [0.29, 0.717) is 12.1 Å². The van der Waals surface area contributed by atoms with Crippen molar-refractivity contribution in [3.05, 3.63) is 35.4 Å². The van der Waals surface area contributed by atoms with E-state index in [4.69, 9.17) is 4.74 Å². The number of carbonyl (C=O) groups is 1. The fourth-order valence-electron chi connectivity index (χ4n) is 3.95. The molecule has 1 aromatic rings. The molecule has 4 nitrogen and oxygen atoms in total. The normalized spacial score (nSPS) is 28.0. The Morgan fingerprint density at radius 3 is 2.52 bits per heavy atom. The largest absolute Gasteiger partial charge is 0.462 e. The predicted octanol–water partition coefficient (Wildman–Crippen LogP) is 2.95. The predicted molar refractivity (Wildman–Crippen MR) is 85.0 cm³/mol. The van der Waals surface area contributed by atoms with Gasteiger partial charge in [-0.05, 0) is 44.4 Å². The molecule has 2 saturated heterocycles. The van der Waals surface area contributed by atoms with Crippen molar-refractivity contribution in [2.75, 3.05) is 13.7 Å². The van der Waals surface area contributed by atoms with Gasteiger partial charge in [0.25, 0.3) is 0 Å². The monoisotopic (exact) mass is 357 g/mol. The lowest BCUT2D eigenvalue weighted by Gasteiger charge is -2.36. The van der Waals surface area contributed by atoms with E-state index in [-0.39, 0.29) is 11.7 Å². The molecule has 0 spiro atoms. The Bertz CT molecular complexity index is 620. The molecule has 4 atom stereocenters. The summed E-state index contributed by atoms with van der Waals surface area (Å²) in [6.07, 6.45) is -1.11. The number of esters is 1. The Morgan fingerprint density at radius 2 is 1.96 bits per heavy atom. The van der Waals surface area contributed by atoms with Crippen molar-refractivity contribution in [3.8, 4) is 0 Å². The van der Waals surface area contributed by atoms with E-state index in [9.17, 15) is 23.1 Å². The molecule has 2 unspecified atom stereocenters. The molecule has 0 amide bonds. The summed E-state index contributed by atoms with van der Waals surface area (Å²) in [7, 11) is 2.07. The standard InChI is InChI=1S/C18H22F3NO3/c1-22-13-5-6-14(22)9-15(8-13)25-17(24)16(10-23)11-3-2-4-12(7-11)18(19,20)21/h2-4,7,13-16,23H,5-6,8-10H2,1H3/t13-,14+,15?,16?. The summed E-state index contributed by atoms with van der Waals surface area (Å²) in [5, 5.41) is 9.54. The minimum absolute atomic E-state index is 0.123. The van der Waals surface area contributed by atoms with Crippen LogP contribution < -0.4 is 0 Å². The van der Waals surface area contributed by atoms with Crippen LogP contribution in [0.3, 0.4) is 0 Å². The molecular weight excluding hydrogens is 335 g/mol. The zero-order chi connectivity index (χ0) is 18.2. The molecule has 0 radical (unpaired) electrons. The second-order valence-corrected chi connectivity index (χ2v) is 6.94. The average Bonchev–Trinajstić information content (AvgIpc) is 2.77. The Kier molecular flexibility index (Phi) is 5.06. The van der Waals surface area contributed by atoms with Gasteiger partial charge >= 0.3 is 12.1 Å². The molecular formula is C18H22F3NO3. The van der Waals surface area contributed by atoms with Crippen LogP contribution in [0.5, 0.6) is 0 Å². The molecule has 0 aliphatic carbocycles. The molecule has 2 heterocycles. The van der Waals surface area contributed by atoms with Gasteiger partial charge in [-0.25, -0.2) is 0 Å². The quantitative estimate of drug-likeness (QED) is 0.842. The van der Waals surface area contributed by atoms with Crippen LogP contribution in [0.1, 0.15) is 42.7 Å². The molecule has 1 N–H and O–H groups in total. The second kappa shape index (κ2) is 6.96. The maximum Gasteiger partial charge on any atom is 0.416 e. The highest BCUT2D eigenvalue weighted by molar-refractivity contribution is 5.78. The van der Waals surface area contributed by atoms with Crippen LogP contribution in [0.25, 0.3) is 0 Å². The summed E-state index contributed by atoms with van der Waals surface area (Å²) in [6.45, 7) is -0.584. The molecule has 2 aliphatic heterocycles. The summed E-state index contributed by atoms with van der Waals surface area (Å²) >= 11 is 0. The first kappa shape index (κ1) is 18.2. The number of hydrogen-bond donors (Lipinski definition) is 1. The maximum absolute atomic E-state index is 12.9. The lowest BCUT2D eigenvalue weighted by molar-refractivity contribution is -0.155. The second-order valence-electron chi connectivity index (χ2n) is 6.94. The van der Waals surface area contributed by atoms with Crippen LogP contribution in [0.2, 0.25) is 0 Å². The number of ether oxygens (including phenoxy) is 1. The highest BCUT2D eigenvalue weighted by Gasteiger charge is 2.40. The van der Waals surface area contributed by atoms with Gasteiger partial charge in [0, 0.05) is 12.1 Å². The number of alkyl halides is 3. The minimum atomic E-state index is -4.49. The van der Waals surface area contributed by atoms with Gasteiger partial charge in [-0.15, -0.1) is 0 Å². The van der Waals surface area contributed by atoms with Crippen LogP contribution in [0.15, 0.2) is 24.3 Å². The van der Waals surface area contributed by atoms with E-state index in [1.807, 2.05) is 0 Å². The number of nitrogens with zero attached hydrogens (tertiary/aromatic N) is 1. The molecule has 25 heavy (non-hydrogen) atoms. The lowest BCUT2D eigenvalue weighted by Crippen LogP contribution is -2.43. The fourth-order valence-corrected chi connectivity index (χ4v) is 3.95. The number of piperidine rings is 1. The molecule has 138 valence electrons. The Balaban J connectivity index is 1.70. The molecule has 0 saturated carbocycles. The Labute approximate surface area is 144 Å². The number of aliphatic hydroxyl groups is 1. The van der Waals surface area contributed by atoms with Gasteiger partial charge in [-0.3, -0.25) is 4.79 Å². The van der Waals surface area contributed by atoms with Crippen LogP contribution in [-0.2, 0) is 15.7 Å². The number of carbonyl (C=O) groups excluding carboxylic acids is 1. The van der Waals surface area contributed by atoms with Crippen LogP contribution in [-0.4, -0.2) is 47.8 Å². The highest BCUT2D eigenvalue weighted by atomic mass is 19.4. The van der Waals surface area contributed by atoms with Gasteiger partial charge in [0.15, 0.2) is 0 Å². The van der Waals surface area contributed by atoms with Gasteiger partial charge in [0.1, 0.15) is 12.0 Å². The van der Waals surface area contributed by atoms with Gasteiger partial charge in [-0.2, -0.15) is 13.2 Å². The fraction of sp³-hybridized carbons (Fsp3) is 0.611. The van der Waals surface area contributed by atoms with Crippen molar-refractivity contribution >= 4 is 5.97 Å². The first-order chi connectivity index (χ1) is 11.8. The van der Waals surface area contributed by atoms with Gasteiger partial charge < -0.3 is 14.7 Å². The number of rotatable bonds is 4. The number of halogens is 3. The van der Waals surface area contributed by atoms with E-state index in [2.05, 4.69) is 11.9 Å². The van der Waals surface area contributed by atoms with Crippen LogP contribution in [0.4, 0.5) is 13.2 Å². The molecule has 2 fully saturated rings. The smallest absolute Gasteiger partial charge is 0.416 e. The van der Waals surface area contributed by atoms with Gasteiger partial charge in [0.05, 0.1) is 12.2 Å². The third-order valence-corrected chi connectivity index (χ3v) is 5.42. The average molecular weight is 357 g/mol. The SMILES string of the molecule is CN1[C@@H]2CC[C@H]1CC(OC(=O)C(CO)c1cccc(C(F)(F)F)c1)C2. The summed E-state index contributed by atoms with van der Waals surface area (Å²) < 4.78 is 44.1. The minimum Gasteiger partial charge on any atom is -0.462 e. The molecule has 3 rings (SSSR count). The first-order valence-corrected chi connectivity index (χ1v) is 8.50. The van der Waals surface area contributed by atoms with E-state index >= 15 is 0 Å². The summed E-state index contributed by atoms with van der Waals surface area (Å²) in [5.41, 5.74) is -0.716. The lowest BCUT2D eigenvalue weighted by atomic mass is 9.97. The molecule has 2 bridgehead atoms. The van der Waals surface area contributed by atoms with Crippen molar-refractivity contribution < 1.29 is 27.8 Å². The first-order valence-electron chi connectivity index (χ1n) is 8.50. The van der Waals surface area contributed by atoms with E-state index < -0.39 is 30.2 Å². The topological polar surface area (TPSA) is 49.8 Å². The van der Waals surface area contributed by atoms with Crippen molar-refractivity contribution in [1.29, 1.82) is 0 Å². The van der Waals surface area contributed by atoms with Crippen molar-refractivity contribution in [2.24, 2.45) is 0 Å². The zero-order valence-corrected chi connectivity index (χ0v) is 14.0. The van der Waals surface area contributed by atoms with E-state index in [0.717, 1.165) is 37.8 Å². The molecule has 0 aromatic heterocycles. The summed E-state index contributed by atoms with van der Waals surface area (Å²) in [6, 6.07) is 5.27. The van der Waals surface area contributed by atoms with E-state index in [1.165, 1.54) is 12.1 Å². The van der Waals surface area contributed by atoms with Crippen molar-refractivity contribution in [1.82, 2.24) is 4.90 Å². The van der Waals surface area contributed by atoms with Gasteiger partial charge in [0.2, 0.25) is 0 Å². The molecule has 1 aromatic carbocycles.